The van der Waals surface area contributed by atoms with Gasteiger partial charge in [-0.1, -0.05) is 38.8 Å². The second-order valence-electron chi connectivity index (χ2n) is 10.7. The van der Waals surface area contributed by atoms with Crippen molar-refractivity contribution in [3.63, 3.8) is 0 Å². The van der Waals surface area contributed by atoms with Crippen LogP contribution in [-0.2, 0) is 19.1 Å². The molecule has 208 valence electrons. The van der Waals surface area contributed by atoms with Crippen molar-refractivity contribution in [2.45, 2.75) is 104 Å². The minimum Gasteiger partial charge on any atom is -0.508 e. The molecule has 0 spiro atoms. The highest BCUT2D eigenvalue weighted by Crippen LogP contribution is 2.33. The SMILES string of the molecule is CCCCCNC(=O)C(c1ccc(O)cc1)N(C(=O)C(CC(N)=O)NC(=O)OC(C)(C)C)C(C)(C)CC. The molecular weight excluding hydrogens is 476 g/mol. The number of phenols is 1. The number of hydrogen-bond acceptors (Lipinski definition) is 6. The van der Waals surface area contributed by atoms with Gasteiger partial charge in [0.1, 0.15) is 23.4 Å². The van der Waals surface area contributed by atoms with Crippen LogP contribution in [0, 0.1) is 0 Å². The van der Waals surface area contributed by atoms with E-state index in [1.54, 1.807) is 46.8 Å². The summed E-state index contributed by atoms with van der Waals surface area (Å²) in [6.07, 6.45) is 1.80. The number of nitrogens with zero attached hydrogens (tertiary/aromatic N) is 1. The highest BCUT2D eigenvalue weighted by molar-refractivity contribution is 5.95. The van der Waals surface area contributed by atoms with Gasteiger partial charge in [-0.25, -0.2) is 4.79 Å². The number of hydrogen-bond donors (Lipinski definition) is 4. The Morgan fingerprint density at radius 2 is 1.62 bits per heavy atom. The molecule has 2 atom stereocenters. The molecule has 0 heterocycles. The second-order valence-corrected chi connectivity index (χ2v) is 10.7. The lowest BCUT2D eigenvalue weighted by atomic mass is 9.91. The maximum atomic E-state index is 14.1. The highest BCUT2D eigenvalue weighted by atomic mass is 16.6. The maximum absolute atomic E-state index is 14.1. The van der Waals surface area contributed by atoms with Crippen molar-refractivity contribution in [1.29, 1.82) is 0 Å². The van der Waals surface area contributed by atoms with Gasteiger partial charge in [0, 0.05) is 12.1 Å². The third-order valence-corrected chi connectivity index (χ3v) is 5.94. The number of rotatable bonds is 13. The van der Waals surface area contributed by atoms with Gasteiger partial charge in [-0.05, 0) is 65.2 Å². The number of carbonyl (C=O) groups excluding carboxylic acids is 4. The van der Waals surface area contributed by atoms with Gasteiger partial charge in [0.05, 0.1) is 6.42 Å². The number of primary amides is 1. The van der Waals surface area contributed by atoms with Gasteiger partial charge in [-0.2, -0.15) is 0 Å². The Bertz CT molecular complexity index is 924. The molecule has 2 unspecified atom stereocenters. The van der Waals surface area contributed by atoms with E-state index < -0.39 is 53.5 Å². The Hall–Kier alpha value is -3.30. The van der Waals surface area contributed by atoms with Crippen LogP contribution >= 0.6 is 0 Å². The maximum Gasteiger partial charge on any atom is 0.408 e. The summed E-state index contributed by atoms with van der Waals surface area (Å²) in [5.74, 6) is -1.85. The molecule has 5 N–H and O–H groups in total. The number of phenolic OH excluding ortho intramolecular Hbond substituents is 1. The fourth-order valence-corrected chi connectivity index (χ4v) is 3.72. The van der Waals surface area contributed by atoms with Crippen LogP contribution in [0.4, 0.5) is 4.79 Å². The first-order valence-electron chi connectivity index (χ1n) is 12.8. The van der Waals surface area contributed by atoms with E-state index >= 15 is 0 Å². The normalized spacial score (nSPS) is 13.3. The van der Waals surface area contributed by atoms with Crippen molar-refractivity contribution < 1.29 is 29.0 Å². The van der Waals surface area contributed by atoms with Crippen LogP contribution in [0.25, 0.3) is 0 Å². The molecule has 0 saturated heterocycles. The van der Waals surface area contributed by atoms with E-state index in [2.05, 4.69) is 17.6 Å². The van der Waals surface area contributed by atoms with Gasteiger partial charge in [0.2, 0.25) is 17.7 Å². The van der Waals surface area contributed by atoms with Crippen LogP contribution < -0.4 is 16.4 Å². The quantitative estimate of drug-likeness (QED) is 0.292. The molecule has 10 nitrogen and oxygen atoms in total. The Kier molecular flexibility index (Phi) is 11.9. The summed E-state index contributed by atoms with van der Waals surface area (Å²) in [5, 5.41) is 15.2. The van der Waals surface area contributed by atoms with Crippen molar-refractivity contribution in [2.24, 2.45) is 5.73 Å². The summed E-state index contributed by atoms with van der Waals surface area (Å²) >= 11 is 0. The number of unbranched alkanes of at least 4 members (excludes halogenated alkanes) is 2. The third kappa shape index (κ3) is 10.3. The topological polar surface area (TPSA) is 151 Å². The minimum atomic E-state index is -1.36. The molecular formula is C27H44N4O6. The highest BCUT2D eigenvalue weighted by Gasteiger charge is 2.43. The van der Waals surface area contributed by atoms with E-state index in [4.69, 9.17) is 10.5 Å². The monoisotopic (exact) mass is 520 g/mol. The predicted octanol–water partition coefficient (Wildman–Crippen LogP) is 3.53. The van der Waals surface area contributed by atoms with Gasteiger partial charge < -0.3 is 31.1 Å². The molecule has 0 aliphatic heterocycles. The van der Waals surface area contributed by atoms with Crippen molar-refractivity contribution in [2.75, 3.05) is 6.54 Å². The first-order valence-corrected chi connectivity index (χ1v) is 12.8. The average molecular weight is 521 g/mol. The van der Waals surface area contributed by atoms with E-state index in [1.807, 2.05) is 6.92 Å². The van der Waals surface area contributed by atoms with E-state index in [0.29, 0.717) is 18.5 Å². The first kappa shape index (κ1) is 31.7. The minimum absolute atomic E-state index is 0.0108. The standard InChI is InChI=1S/C27H44N4O6/c1-8-10-11-16-29-23(34)22(18-12-14-19(32)15-13-18)31(27(6,7)9-2)24(35)20(17-21(28)33)30-25(36)37-26(3,4)5/h12-15,20,22,32H,8-11,16-17H2,1-7H3,(H2,28,33)(H,29,34)(H,30,36). The molecule has 1 aromatic carbocycles. The van der Waals surface area contributed by atoms with E-state index in [0.717, 1.165) is 19.3 Å². The summed E-state index contributed by atoms with van der Waals surface area (Å²) in [6.45, 7) is 13.0. The van der Waals surface area contributed by atoms with Crippen LogP contribution in [0.5, 0.6) is 5.75 Å². The summed E-state index contributed by atoms with van der Waals surface area (Å²) < 4.78 is 5.29. The summed E-state index contributed by atoms with van der Waals surface area (Å²) in [4.78, 5) is 53.5. The molecule has 4 amide bonds. The molecule has 0 fully saturated rings. The molecule has 0 aliphatic carbocycles. The zero-order chi connectivity index (χ0) is 28.4. The largest absolute Gasteiger partial charge is 0.508 e. The Labute approximate surface area is 220 Å². The molecule has 0 saturated carbocycles. The Morgan fingerprint density at radius 3 is 2.11 bits per heavy atom. The van der Waals surface area contributed by atoms with Crippen molar-refractivity contribution >= 4 is 23.8 Å². The predicted molar refractivity (Wildman–Crippen MR) is 142 cm³/mol. The first-order chi connectivity index (χ1) is 17.1. The third-order valence-electron chi connectivity index (χ3n) is 5.94. The van der Waals surface area contributed by atoms with Crippen LogP contribution in [0.1, 0.15) is 92.2 Å². The lowest BCUT2D eigenvalue weighted by molar-refractivity contribution is -0.150. The van der Waals surface area contributed by atoms with E-state index in [1.165, 1.54) is 17.0 Å². The van der Waals surface area contributed by atoms with E-state index in [9.17, 15) is 24.3 Å². The van der Waals surface area contributed by atoms with Gasteiger partial charge >= 0.3 is 6.09 Å². The lowest BCUT2D eigenvalue weighted by Gasteiger charge is -2.44. The zero-order valence-corrected chi connectivity index (χ0v) is 23.2. The second kappa shape index (κ2) is 13.9. The fraction of sp³-hybridized carbons (Fsp3) is 0.630. The number of aromatic hydroxyl groups is 1. The Morgan fingerprint density at radius 1 is 1.03 bits per heavy atom. The number of nitrogens with one attached hydrogen (secondary N) is 2. The number of ether oxygens (including phenoxy) is 1. The molecule has 0 bridgehead atoms. The molecule has 0 aliphatic rings. The van der Waals surface area contributed by atoms with Gasteiger partial charge in [-0.3, -0.25) is 14.4 Å². The number of carbonyl (C=O) groups is 4. The van der Waals surface area contributed by atoms with Gasteiger partial charge in [0.15, 0.2) is 0 Å². The summed E-state index contributed by atoms with van der Waals surface area (Å²) in [5.41, 5.74) is 4.19. The molecule has 37 heavy (non-hydrogen) atoms. The lowest BCUT2D eigenvalue weighted by Crippen LogP contribution is -2.60. The fourth-order valence-electron chi connectivity index (χ4n) is 3.72. The number of alkyl carbamates (subject to hydrolysis) is 1. The molecule has 0 aromatic heterocycles. The summed E-state index contributed by atoms with van der Waals surface area (Å²) in [6, 6.07) is 3.57. The molecule has 1 rings (SSSR count). The van der Waals surface area contributed by atoms with Crippen molar-refractivity contribution in [3.8, 4) is 5.75 Å². The van der Waals surface area contributed by atoms with Gasteiger partial charge in [-0.15, -0.1) is 0 Å². The van der Waals surface area contributed by atoms with Gasteiger partial charge in [0.25, 0.3) is 0 Å². The van der Waals surface area contributed by atoms with E-state index in [-0.39, 0.29) is 5.75 Å². The molecule has 1 aromatic rings. The van der Waals surface area contributed by atoms with Crippen LogP contribution in [0.3, 0.4) is 0 Å². The smallest absolute Gasteiger partial charge is 0.408 e. The molecule has 10 heteroatoms. The molecule has 0 radical (unpaired) electrons. The van der Waals surface area contributed by atoms with Crippen molar-refractivity contribution in [1.82, 2.24) is 15.5 Å². The summed E-state index contributed by atoms with van der Waals surface area (Å²) in [7, 11) is 0. The van der Waals surface area contributed by atoms with Crippen LogP contribution in [-0.4, -0.2) is 57.5 Å². The Balaban J connectivity index is 3.55. The number of benzene rings is 1. The number of nitrogens with two attached hydrogens (primary N) is 1. The number of amides is 4. The average Bonchev–Trinajstić information content (AvgIpc) is 2.78. The van der Waals surface area contributed by atoms with Crippen molar-refractivity contribution in [3.05, 3.63) is 29.8 Å². The van der Waals surface area contributed by atoms with Crippen LogP contribution in [0.2, 0.25) is 0 Å². The zero-order valence-electron chi connectivity index (χ0n) is 23.2. The van der Waals surface area contributed by atoms with Crippen LogP contribution in [0.15, 0.2) is 24.3 Å².